The smallest absolute Gasteiger partial charge is 0.240 e. The van der Waals surface area contributed by atoms with Gasteiger partial charge in [0.15, 0.2) is 0 Å². The topological polar surface area (TPSA) is 60.0 Å². The third-order valence-corrected chi connectivity index (χ3v) is 5.03. The van der Waals surface area contributed by atoms with Crippen molar-refractivity contribution in [3.05, 3.63) is 0 Å². The summed E-state index contributed by atoms with van der Waals surface area (Å²) in [6.45, 7) is 4.67. The molecule has 0 bridgehead atoms. The molecule has 0 spiro atoms. The van der Waals surface area contributed by atoms with Gasteiger partial charge in [-0.1, -0.05) is 0 Å². The lowest BCUT2D eigenvalue weighted by Crippen LogP contribution is -2.55. The Morgan fingerprint density at radius 1 is 1.38 bits per heavy atom. The molecule has 21 heavy (non-hydrogen) atoms. The third kappa shape index (κ3) is 3.39. The fourth-order valence-electron chi connectivity index (χ4n) is 3.35. The summed E-state index contributed by atoms with van der Waals surface area (Å²) in [5.74, 6) is 0.213. The molecule has 1 unspecified atom stereocenters. The largest absolute Gasteiger partial charge is 0.378 e. The number of likely N-dealkylation sites (N-methyl/N-ethyl adjacent to an activating group) is 1. The highest BCUT2D eigenvalue weighted by Gasteiger charge is 2.42. The van der Waals surface area contributed by atoms with Crippen LogP contribution in [0.25, 0.3) is 0 Å². The summed E-state index contributed by atoms with van der Waals surface area (Å²) in [7, 11) is 5.35. The lowest BCUT2D eigenvalue weighted by Gasteiger charge is -2.37. The van der Waals surface area contributed by atoms with Crippen LogP contribution in [0.4, 0.5) is 0 Å². The zero-order chi connectivity index (χ0) is 15.5. The average molecular weight is 300 g/mol. The molecule has 4 atom stereocenters. The number of methoxy groups -OCH3 is 2. The van der Waals surface area contributed by atoms with Gasteiger partial charge in [-0.05, 0) is 33.4 Å². The van der Waals surface area contributed by atoms with Gasteiger partial charge in [-0.15, -0.1) is 0 Å². The molecule has 2 fully saturated rings. The van der Waals surface area contributed by atoms with E-state index in [2.05, 4.69) is 10.2 Å². The van der Waals surface area contributed by atoms with Crippen molar-refractivity contribution >= 4 is 5.91 Å². The quantitative estimate of drug-likeness (QED) is 0.789. The first kappa shape index (κ1) is 16.7. The molecule has 2 aliphatic rings. The lowest BCUT2D eigenvalue weighted by molar-refractivity contribution is -0.148. The van der Waals surface area contributed by atoms with Gasteiger partial charge in [0.2, 0.25) is 5.91 Å². The summed E-state index contributed by atoms with van der Waals surface area (Å²) in [6.07, 6.45) is 1.86. The molecule has 0 radical (unpaired) electrons. The number of nitrogens with one attached hydrogen (secondary N) is 1. The fraction of sp³-hybridized carbons (Fsp3) is 0.933. The summed E-state index contributed by atoms with van der Waals surface area (Å²) in [5.41, 5.74) is -0.390. The highest BCUT2D eigenvalue weighted by molar-refractivity contribution is 5.86. The number of nitrogens with zero attached hydrogens (tertiary/aromatic N) is 1. The molecule has 2 heterocycles. The molecule has 122 valence electrons. The minimum absolute atomic E-state index is 0.0434. The van der Waals surface area contributed by atoms with Gasteiger partial charge in [-0.25, -0.2) is 0 Å². The number of rotatable bonds is 5. The minimum Gasteiger partial charge on any atom is -0.378 e. The van der Waals surface area contributed by atoms with E-state index in [4.69, 9.17) is 14.2 Å². The summed E-state index contributed by atoms with van der Waals surface area (Å²) in [5, 5.41) is 3.08. The van der Waals surface area contributed by atoms with Gasteiger partial charge in [0, 0.05) is 26.7 Å². The van der Waals surface area contributed by atoms with Gasteiger partial charge in [0.25, 0.3) is 0 Å². The number of amides is 1. The Morgan fingerprint density at radius 2 is 2.14 bits per heavy atom. The standard InChI is InChI=1S/C15H28N2O4/c1-15(6-5-7-17(15)2)14(18)16-8-11-9-21-10-12(19-3)13(11)20-4/h11-13H,5-10H2,1-4H3,(H,16,18)/t11-,12-,13+,15?/m1/s1. The monoisotopic (exact) mass is 300 g/mol. The molecular weight excluding hydrogens is 272 g/mol. The van der Waals surface area contributed by atoms with Crippen LogP contribution in [0.15, 0.2) is 0 Å². The second-order valence-electron chi connectivity index (χ2n) is 6.28. The lowest BCUT2D eigenvalue weighted by atomic mass is 9.94. The van der Waals surface area contributed by atoms with Crippen molar-refractivity contribution in [1.82, 2.24) is 10.2 Å². The van der Waals surface area contributed by atoms with Crippen LogP contribution in [0.3, 0.4) is 0 Å². The van der Waals surface area contributed by atoms with E-state index in [0.717, 1.165) is 19.4 Å². The molecule has 6 nitrogen and oxygen atoms in total. The number of hydrogen-bond donors (Lipinski definition) is 1. The highest BCUT2D eigenvalue weighted by Crippen LogP contribution is 2.27. The number of hydrogen-bond acceptors (Lipinski definition) is 5. The Morgan fingerprint density at radius 3 is 2.71 bits per heavy atom. The predicted octanol–water partition coefficient (Wildman–Crippen LogP) is 0.263. The van der Waals surface area contributed by atoms with Crippen LogP contribution in [0, 0.1) is 5.92 Å². The maximum Gasteiger partial charge on any atom is 0.240 e. The third-order valence-electron chi connectivity index (χ3n) is 5.03. The molecule has 0 saturated carbocycles. The number of carbonyl (C=O) groups excluding carboxylic acids is 1. The Hall–Kier alpha value is -0.690. The van der Waals surface area contributed by atoms with E-state index in [9.17, 15) is 4.79 Å². The fourth-order valence-corrected chi connectivity index (χ4v) is 3.35. The van der Waals surface area contributed by atoms with Crippen LogP contribution in [-0.4, -0.2) is 76.1 Å². The molecule has 0 aromatic carbocycles. The van der Waals surface area contributed by atoms with Gasteiger partial charge in [0.1, 0.15) is 6.10 Å². The van der Waals surface area contributed by atoms with Crippen molar-refractivity contribution in [3.8, 4) is 0 Å². The van der Waals surface area contributed by atoms with Crippen LogP contribution in [0.1, 0.15) is 19.8 Å². The predicted molar refractivity (Wildman–Crippen MR) is 79.2 cm³/mol. The van der Waals surface area contributed by atoms with E-state index in [1.807, 2.05) is 14.0 Å². The van der Waals surface area contributed by atoms with Gasteiger partial charge in [0.05, 0.1) is 24.9 Å². The van der Waals surface area contributed by atoms with Crippen LogP contribution < -0.4 is 5.32 Å². The van der Waals surface area contributed by atoms with Crippen molar-refractivity contribution < 1.29 is 19.0 Å². The van der Waals surface area contributed by atoms with Gasteiger partial charge in [-0.3, -0.25) is 9.69 Å². The van der Waals surface area contributed by atoms with E-state index < -0.39 is 5.54 Å². The Bertz CT molecular complexity index is 366. The molecular formula is C15H28N2O4. The molecule has 2 saturated heterocycles. The molecule has 1 amide bonds. The Labute approximate surface area is 127 Å². The highest BCUT2D eigenvalue weighted by atomic mass is 16.6. The Balaban J connectivity index is 1.91. The number of ether oxygens (including phenoxy) is 3. The van der Waals surface area contributed by atoms with Gasteiger partial charge in [-0.2, -0.15) is 0 Å². The first-order chi connectivity index (χ1) is 10.0. The number of likely N-dealkylation sites (tertiary alicyclic amines) is 1. The molecule has 0 aromatic heterocycles. The van der Waals surface area contributed by atoms with E-state index in [1.54, 1.807) is 14.2 Å². The van der Waals surface area contributed by atoms with Crippen LogP contribution in [-0.2, 0) is 19.0 Å². The maximum absolute atomic E-state index is 12.5. The van der Waals surface area contributed by atoms with Gasteiger partial charge < -0.3 is 19.5 Å². The molecule has 2 aliphatic heterocycles. The van der Waals surface area contributed by atoms with Crippen LogP contribution in [0.5, 0.6) is 0 Å². The summed E-state index contributed by atoms with van der Waals surface area (Å²) >= 11 is 0. The van der Waals surface area contributed by atoms with Crippen molar-refractivity contribution in [2.75, 3.05) is 47.6 Å². The zero-order valence-electron chi connectivity index (χ0n) is 13.6. The Kier molecular flexibility index (Phi) is 5.60. The summed E-state index contributed by atoms with van der Waals surface area (Å²) in [6, 6.07) is 0. The zero-order valence-corrected chi connectivity index (χ0v) is 13.6. The SMILES string of the molecule is CO[C@H]1[C@H](CNC(=O)C2(C)CCCN2C)COC[C@H]1OC. The second-order valence-corrected chi connectivity index (χ2v) is 6.28. The average Bonchev–Trinajstić information content (AvgIpc) is 2.84. The molecule has 0 aliphatic carbocycles. The summed E-state index contributed by atoms with van der Waals surface area (Å²) in [4.78, 5) is 14.6. The van der Waals surface area contributed by atoms with Crippen molar-refractivity contribution in [1.29, 1.82) is 0 Å². The first-order valence-corrected chi connectivity index (χ1v) is 7.65. The van der Waals surface area contributed by atoms with Crippen LogP contribution in [0.2, 0.25) is 0 Å². The van der Waals surface area contributed by atoms with E-state index in [-0.39, 0.29) is 24.0 Å². The molecule has 2 rings (SSSR count). The van der Waals surface area contributed by atoms with E-state index >= 15 is 0 Å². The van der Waals surface area contributed by atoms with Crippen molar-refractivity contribution in [3.63, 3.8) is 0 Å². The van der Waals surface area contributed by atoms with Crippen LogP contribution >= 0.6 is 0 Å². The second kappa shape index (κ2) is 7.05. The molecule has 0 aromatic rings. The normalized spacial score (nSPS) is 37.6. The van der Waals surface area contributed by atoms with Crippen molar-refractivity contribution in [2.45, 2.75) is 37.5 Å². The maximum atomic E-state index is 12.5. The molecule has 1 N–H and O–H groups in total. The first-order valence-electron chi connectivity index (χ1n) is 7.65. The van der Waals surface area contributed by atoms with Gasteiger partial charge >= 0.3 is 0 Å². The van der Waals surface area contributed by atoms with E-state index in [0.29, 0.717) is 19.8 Å². The minimum atomic E-state index is -0.390. The van der Waals surface area contributed by atoms with Crippen molar-refractivity contribution in [2.24, 2.45) is 5.92 Å². The summed E-state index contributed by atoms with van der Waals surface area (Å²) < 4.78 is 16.5. The molecule has 6 heteroatoms. The van der Waals surface area contributed by atoms with E-state index in [1.165, 1.54) is 0 Å². The number of carbonyl (C=O) groups is 1.